The molecule has 2 heterocycles. The molecule has 0 unspecified atom stereocenters. The Hall–Kier alpha value is -0.940. The van der Waals surface area contributed by atoms with Gasteiger partial charge in [0.05, 0.1) is 10.7 Å². The second-order valence-electron chi connectivity index (χ2n) is 3.87. The summed E-state index contributed by atoms with van der Waals surface area (Å²) in [6.45, 7) is 3.89. The number of hydrogen-bond acceptors (Lipinski definition) is 4. The molecule has 3 N–H and O–H groups in total. The van der Waals surface area contributed by atoms with E-state index in [-0.39, 0.29) is 5.91 Å². The van der Waals surface area contributed by atoms with Crippen LogP contribution in [-0.4, -0.2) is 24.0 Å². The molecule has 1 fully saturated rings. The van der Waals surface area contributed by atoms with E-state index in [1.165, 1.54) is 17.8 Å². The van der Waals surface area contributed by atoms with E-state index >= 15 is 0 Å². The van der Waals surface area contributed by atoms with Crippen LogP contribution in [-0.2, 0) is 0 Å². The molecule has 0 radical (unpaired) electrons. The molecule has 15 heavy (non-hydrogen) atoms. The molecule has 2 rings (SSSR count). The summed E-state index contributed by atoms with van der Waals surface area (Å²) in [5.41, 5.74) is 6.04. The molecule has 1 amide bonds. The molecule has 0 saturated carbocycles. The van der Waals surface area contributed by atoms with Gasteiger partial charge in [-0.3, -0.25) is 4.79 Å². The van der Waals surface area contributed by atoms with Gasteiger partial charge in [-0.1, -0.05) is 0 Å². The third-order valence-corrected chi connectivity index (χ3v) is 4.02. The first-order valence-corrected chi connectivity index (χ1v) is 5.98. The number of carbonyl (C=O) groups excluding carboxylic acids is 1. The number of primary amides is 1. The number of aryl methyl sites for hydroxylation is 1. The van der Waals surface area contributed by atoms with Crippen molar-refractivity contribution in [1.82, 2.24) is 10.3 Å². The van der Waals surface area contributed by atoms with Crippen LogP contribution in [0.5, 0.6) is 0 Å². The van der Waals surface area contributed by atoms with Crippen LogP contribution < -0.4 is 11.1 Å². The smallest absolute Gasteiger partial charge is 0.260 e. The average molecular weight is 225 g/mol. The second kappa shape index (κ2) is 4.28. The molecule has 0 aromatic carbocycles. The van der Waals surface area contributed by atoms with Crippen LogP contribution in [0.3, 0.4) is 0 Å². The molecule has 0 bridgehead atoms. The Balaban J connectivity index is 2.21. The van der Waals surface area contributed by atoms with Gasteiger partial charge in [0.2, 0.25) is 0 Å². The normalized spacial score (nSPS) is 21.5. The zero-order valence-corrected chi connectivity index (χ0v) is 9.56. The number of piperidine rings is 1. The third kappa shape index (κ3) is 2.18. The predicted octanol–water partition coefficient (Wildman–Crippen LogP) is 1.02. The van der Waals surface area contributed by atoms with Gasteiger partial charge in [0.1, 0.15) is 4.88 Å². The van der Waals surface area contributed by atoms with E-state index in [1.807, 2.05) is 6.92 Å². The molecule has 1 atom stereocenters. The number of carbonyl (C=O) groups is 1. The lowest BCUT2D eigenvalue weighted by molar-refractivity contribution is 0.100. The molecule has 1 aromatic rings. The Bertz CT molecular complexity index is 369. The number of nitrogens with two attached hydrogens (primary N) is 1. The summed E-state index contributed by atoms with van der Waals surface area (Å²) >= 11 is 1.45. The highest BCUT2D eigenvalue weighted by molar-refractivity contribution is 7.13. The van der Waals surface area contributed by atoms with Gasteiger partial charge >= 0.3 is 0 Å². The highest BCUT2D eigenvalue weighted by atomic mass is 32.1. The van der Waals surface area contributed by atoms with E-state index < -0.39 is 0 Å². The summed E-state index contributed by atoms with van der Waals surface area (Å²) in [5, 5.41) is 4.39. The molecule has 1 aliphatic rings. The third-order valence-electron chi connectivity index (χ3n) is 2.68. The monoisotopic (exact) mass is 225 g/mol. The summed E-state index contributed by atoms with van der Waals surface area (Å²) in [6, 6.07) is 0. The van der Waals surface area contributed by atoms with Crippen molar-refractivity contribution in [1.29, 1.82) is 0 Å². The lowest BCUT2D eigenvalue weighted by Gasteiger charge is -2.20. The average Bonchev–Trinajstić information content (AvgIpc) is 2.62. The Morgan fingerprint density at radius 3 is 3.00 bits per heavy atom. The van der Waals surface area contributed by atoms with Gasteiger partial charge in [-0.2, -0.15) is 0 Å². The quantitative estimate of drug-likeness (QED) is 0.789. The first-order chi connectivity index (χ1) is 7.18. The first-order valence-electron chi connectivity index (χ1n) is 5.16. The summed E-state index contributed by atoms with van der Waals surface area (Å²) in [6.07, 6.45) is 2.33. The van der Waals surface area contributed by atoms with Crippen LogP contribution in [0.1, 0.15) is 39.1 Å². The van der Waals surface area contributed by atoms with Crippen molar-refractivity contribution in [3.63, 3.8) is 0 Å². The molecule has 0 spiro atoms. The fourth-order valence-electron chi connectivity index (χ4n) is 1.88. The minimum atomic E-state index is -0.361. The lowest BCUT2D eigenvalue weighted by Crippen LogP contribution is -2.28. The summed E-state index contributed by atoms with van der Waals surface area (Å²) in [4.78, 5) is 16.1. The van der Waals surface area contributed by atoms with Gasteiger partial charge in [0.25, 0.3) is 5.91 Å². The maximum Gasteiger partial charge on any atom is 0.260 e. The van der Waals surface area contributed by atoms with E-state index in [1.54, 1.807) is 0 Å². The minimum absolute atomic E-state index is 0.361. The van der Waals surface area contributed by atoms with Crippen molar-refractivity contribution in [2.45, 2.75) is 25.7 Å². The number of aromatic nitrogens is 1. The topological polar surface area (TPSA) is 68.0 Å². The second-order valence-corrected chi connectivity index (χ2v) is 4.90. The molecule has 1 aromatic heterocycles. The molecule has 1 aliphatic heterocycles. The van der Waals surface area contributed by atoms with E-state index in [0.29, 0.717) is 10.8 Å². The van der Waals surface area contributed by atoms with Crippen molar-refractivity contribution in [3.05, 3.63) is 15.6 Å². The Morgan fingerprint density at radius 1 is 1.67 bits per heavy atom. The Kier molecular flexibility index (Phi) is 3.02. The zero-order chi connectivity index (χ0) is 10.8. The summed E-state index contributed by atoms with van der Waals surface area (Å²) < 4.78 is 0. The van der Waals surface area contributed by atoms with E-state index in [9.17, 15) is 4.79 Å². The largest absolute Gasteiger partial charge is 0.365 e. The first kappa shape index (κ1) is 10.6. The van der Waals surface area contributed by atoms with Gasteiger partial charge in [0, 0.05) is 12.5 Å². The number of thiazole rings is 1. The van der Waals surface area contributed by atoms with Crippen molar-refractivity contribution in [3.8, 4) is 0 Å². The number of nitrogens with one attached hydrogen (secondary N) is 1. The molecular formula is C10H15N3OS. The SMILES string of the molecule is Cc1nc([C@@H]2CCCNC2)sc1C(N)=O. The number of amides is 1. The molecule has 5 heteroatoms. The van der Waals surface area contributed by atoms with Gasteiger partial charge < -0.3 is 11.1 Å². The number of rotatable bonds is 2. The van der Waals surface area contributed by atoms with Gasteiger partial charge in [-0.15, -0.1) is 11.3 Å². The van der Waals surface area contributed by atoms with Crippen molar-refractivity contribution >= 4 is 17.2 Å². The van der Waals surface area contributed by atoms with Crippen LogP contribution in [0.25, 0.3) is 0 Å². The Labute approximate surface area is 92.9 Å². The maximum absolute atomic E-state index is 11.1. The van der Waals surface area contributed by atoms with Gasteiger partial charge in [-0.05, 0) is 26.3 Å². The van der Waals surface area contributed by atoms with Crippen LogP contribution in [0.2, 0.25) is 0 Å². The van der Waals surface area contributed by atoms with Crippen LogP contribution in [0, 0.1) is 6.92 Å². The molecule has 0 aliphatic carbocycles. The van der Waals surface area contributed by atoms with Crippen LogP contribution >= 0.6 is 11.3 Å². The maximum atomic E-state index is 11.1. The summed E-state index contributed by atoms with van der Waals surface area (Å²) in [5.74, 6) is 0.0931. The molecule has 4 nitrogen and oxygen atoms in total. The van der Waals surface area contributed by atoms with Crippen molar-refractivity contribution < 1.29 is 4.79 Å². The standard InChI is InChI=1S/C10H15N3OS/c1-6-8(9(11)14)15-10(13-6)7-3-2-4-12-5-7/h7,12H,2-5H2,1H3,(H2,11,14)/t7-/m1/s1. The van der Waals surface area contributed by atoms with Crippen LogP contribution in [0.4, 0.5) is 0 Å². The zero-order valence-electron chi connectivity index (χ0n) is 8.75. The van der Waals surface area contributed by atoms with Crippen molar-refractivity contribution in [2.24, 2.45) is 5.73 Å². The molecule has 1 saturated heterocycles. The van der Waals surface area contributed by atoms with Crippen LogP contribution in [0.15, 0.2) is 0 Å². The van der Waals surface area contributed by atoms with Crippen molar-refractivity contribution in [2.75, 3.05) is 13.1 Å². The fraction of sp³-hybridized carbons (Fsp3) is 0.600. The minimum Gasteiger partial charge on any atom is -0.365 e. The highest BCUT2D eigenvalue weighted by Gasteiger charge is 2.21. The number of nitrogens with zero attached hydrogens (tertiary/aromatic N) is 1. The number of hydrogen-bond donors (Lipinski definition) is 2. The molecule has 82 valence electrons. The van der Waals surface area contributed by atoms with Gasteiger partial charge in [-0.25, -0.2) is 4.98 Å². The Morgan fingerprint density at radius 2 is 2.47 bits per heavy atom. The highest BCUT2D eigenvalue weighted by Crippen LogP contribution is 2.28. The lowest BCUT2D eigenvalue weighted by atomic mass is 10.0. The van der Waals surface area contributed by atoms with Gasteiger partial charge in [0.15, 0.2) is 0 Å². The molecular weight excluding hydrogens is 210 g/mol. The fourth-order valence-corrected chi connectivity index (χ4v) is 2.94. The summed E-state index contributed by atoms with van der Waals surface area (Å²) in [7, 11) is 0. The van der Waals surface area contributed by atoms with E-state index in [0.717, 1.165) is 30.2 Å². The van der Waals surface area contributed by atoms with E-state index in [2.05, 4.69) is 10.3 Å². The van der Waals surface area contributed by atoms with E-state index in [4.69, 9.17) is 5.73 Å². The predicted molar refractivity (Wildman–Crippen MR) is 60.2 cm³/mol.